The molecule has 1 unspecified atom stereocenters. The first-order valence-electron chi connectivity index (χ1n) is 6.29. The van der Waals surface area contributed by atoms with Crippen LogP contribution in [0.5, 0.6) is 0 Å². The Morgan fingerprint density at radius 2 is 2.05 bits per heavy atom. The molecule has 0 saturated carbocycles. The molecular formula is C14H19ClN2O3. The number of nitrogens with one attached hydrogen (secondary N) is 1. The number of esters is 1. The smallest absolute Gasteiger partial charge is 0.307 e. The van der Waals surface area contributed by atoms with Crippen molar-refractivity contribution < 1.29 is 14.3 Å². The predicted molar refractivity (Wildman–Crippen MR) is 77.5 cm³/mol. The zero-order chi connectivity index (χ0) is 15.3. The van der Waals surface area contributed by atoms with E-state index in [0.29, 0.717) is 10.8 Å². The standard InChI is InChI=1S/C14H19ClN2O3/c1-9(20-12(18)7-14(2,3)4)13(19)17-11-6-5-10(15)8-16-11/h5-6,8-9H,7H2,1-4H3,(H,16,17,19). The summed E-state index contributed by atoms with van der Waals surface area (Å²) in [6, 6.07) is 3.18. The number of hydrogen-bond donors (Lipinski definition) is 1. The lowest BCUT2D eigenvalue weighted by atomic mass is 9.92. The van der Waals surface area contributed by atoms with E-state index in [1.165, 1.54) is 13.1 Å². The van der Waals surface area contributed by atoms with Gasteiger partial charge < -0.3 is 10.1 Å². The van der Waals surface area contributed by atoms with Crippen LogP contribution in [0.1, 0.15) is 34.1 Å². The summed E-state index contributed by atoms with van der Waals surface area (Å²) in [5, 5.41) is 3.03. The van der Waals surface area contributed by atoms with Crippen molar-refractivity contribution in [2.45, 2.75) is 40.2 Å². The van der Waals surface area contributed by atoms with Crippen molar-refractivity contribution in [1.29, 1.82) is 0 Å². The molecule has 0 bridgehead atoms. The summed E-state index contributed by atoms with van der Waals surface area (Å²) in [6.45, 7) is 7.30. The fraction of sp³-hybridized carbons (Fsp3) is 0.500. The van der Waals surface area contributed by atoms with E-state index in [1.807, 2.05) is 20.8 Å². The molecule has 0 aliphatic heterocycles. The number of amides is 1. The first kappa shape index (κ1) is 16.4. The minimum atomic E-state index is -0.873. The average molecular weight is 299 g/mol. The van der Waals surface area contributed by atoms with Crippen LogP contribution in [0.3, 0.4) is 0 Å². The van der Waals surface area contributed by atoms with Gasteiger partial charge in [-0.25, -0.2) is 4.98 Å². The largest absolute Gasteiger partial charge is 0.453 e. The third kappa shape index (κ3) is 6.02. The highest BCUT2D eigenvalue weighted by molar-refractivity contribution is 6.30. The van der Waals surface area contributed by atoms with E-state index in [0.717, 1.165) is 0 Å². The number of carbonyl (C=O) groups is 2. The van der Waals surface area contributed by atoms with Crippen molar-refractivity contribution in [1.82, 2.24) is 4.98 Å². The molecule has 1 heterocycles. The molecular weight excluding hydrogens is 280 g/mol. The SMILES string of the molecule is CC(OC(=O)CC(C)(C)C)C(=O)Nc1ccc(Cl)cn1. The van der Waals surface area contributed by atoms with E-state index < -0.39 is 18.0 Å². The van der Waals surface area contributed by atoms with Crippen LogP contribution >= 0.6 is 11.6 Å². The number of rotatable bonds is 4. The Morgan fingerprint density at radius 3 is 2.55 bits per heavy atom. The molecule has 1 amide bonds. The monoisotopic (exact) mass is 298 g/mol. The van der Waals surface area contributed by atoms with Crippen molar-refractivity contribution in [3.63, 3.8) is 0 Å². The predicted octanol–water partition coefficient (Wildman–Crippen LogP) is 3.04. The molecule has 5 nitrogen and oxygen atoms in total. The second-order valence-corrected chi connectivity index (χ2v) is 6.16. The topological polar surface area (TPSA) is 68.3 Å². The number of nitrogens with zero attached hydrogens (tertiary/aromatic N) is 1. The summed E-state index contributed by atoms with van der Waals surface area (Å²) in [4.78, 5) is 27.4. The Kier molecular flexibility index (Phi) is 5.51. The molecule has 6 heteroatoms. The zero-order valence-corrected chi connectivity index (χ0v) is 12.8. The number of carbonyl (C=O) groups excluding carboxylic acids is 2. The van der Waals surface area contributed by atoms with Crippen LogP contribution in [0.25, 0.3) is 0 Å². The minimum Gasteiger partial charge on any atom is -0.453 e. The van der Waals surface area contributed by atoms with Gasteiger partial charge in [-0.3, -0.25) is 9.59 Å². The Balaban J connectivity index is 2.51. The maximum Gasteiger partial charge on any atom is 0.307 e. The van der Waals surface area contributed by atoms with Crippen LogP contribution in [0.2, 0.25) is 5.02 Å². The van der Waals surface area contributed by atoms with Crippen LogP contribution in [-0.2, 0) is 14.3 Å². The van der Waals surface area contributed by atoms with E-state index in [4.69, 9.17) is 16.3 Å². The van der Waals surface area contributed by atoms with Crippen molar-refractivity contribution in [3.05, 3.63) is 23.4 Å². The number of hydrogen-bond acceptors (Lipinski definition) is 4. The van der Waals surface area contributed by atoms with E-state index in [-0.39, 0.29) is 11.8 Å². The number of ether oxygens (including phenoxy) is 1. The molecule has 0 aromatic carbocycles. The molecule has 1 atom stereocenters. The normalized spacial score (nSPS) is 12.7. The van der Waals surface area contributed by atoms with E-state index in [1.54, 1.807) is 12.1 Å². The van der Waals surface area contributed by atoms with Gasteiger partial charge in [0, 0.05) is 6.20 Å². The van der Waals surface area contributed by atoms with E-state index in [2.05, 4.69) is 10.3 Å². The van der Waals surface area contributed by atoms with Gasteiger partial charge in [-0.05, 0) is 24.5 Å². The van der Waals surface area contributed by atoms with Gasteiger partial charge in [-0.15, -0.1) is 0 Å². The second-order valence-electron chi connectivity index (χ2n) is 5.72. The molecule has 0 aliphatic carbocycles. The maximum atomic E-state index is 11.8. The quantitative estimate of drug-likeness (QED) is 0.868. The highest BCUT2D eigenvalue weighted by Gasteiger charge is 2.22. The lowest BCUT2D eigenvalue weighted by Crippen LogP contribution is -2.31. The van der Waals surface area contributed by atoms with Crippen molar-refractivity contribution in [2.75, 3.05) is 5.32 Å². The van der Waals surface area contributed by atoms with Gasteiger partial charge in [0.1, 0.15) is 5.82 Å². The first-order chi connectivity index (χ1) is 9.17. The van der Waals surface area contributed by atoms with Crippen molar-refractivity contribution >= 4 is 29.3 Å². The van der Waals surface area contributed by atoms with Crippen LogP contribution in [0.4, 0.5) is 5.82 Å². The summed E-state index contributed by atoms with van der Waals surface area (Å²) in [5.74, 6) is -0.468. The Labute approximate surface area is 123 Å². The molecule has 0 radical (unpaired) electrons. The Hall–Kier alpha value is -1.62. The molecule has 0 fully saturated rings. The lowest BCUT2D eigenvalue weighted by Gasteiger charge is -2.19. The van der Waals surface area contributed by atoms with Gasteiger partial charge in [-0.1, -0.05) is 32.4 Å². The first-order valence-corrected chi connectivity index (χ1v) is 6.67. The minimum absolute atomic E-state index is 0.176. The number of aromatic nitrogens is 1. The average Bonchev–Trinajstić information content (AvgIpc) is 2.29. The number of pyridine rings is 1. The molecule has 0 spiro atoms. The highest BCUT2D eigenvalue weighted by Crippen LogP contribution is 2.19. The van der Waals surface area contributed by atoms with Crippen molar-refractivity contribution in [3.8, 4) is 0 Å². The van der Waals surface area contributed by atoms with Gasteiger partial charge in [0.15, 0.2) is 6.10 Å². The van der Waals surface area contributed by atoms with E-state index >= 15 is 0 Å². The van der Waals surface area contributed by atoms with Crippen LogP contribution in [-0.4, -0.2) is 23.0 Å². The van der Waals surface area contributed by atoms with Crippen LogP contribution in [0.15, 0.2) is 18.3 Å². The fourth-order valence-corrected chi connectivity index (χ4v) is 1.51. The van der Waals surface area contributed by atoms with Gasteiger partial charge in [0.05, 0.1) is 11.4 Å². The van der Waals surface area contributed by atoms with Gasteiger partial charge >= 0.3 is 5.97 Å². The summed E-state index contributed by atoms with van der Waals surface area (Å²) >= 11 is 5.70. The summed E-state index contributed by atoms with van der Waals surface area (Å²) < 4.78 is 5.08. The molecule has 110 valence electrons. The fourth-order valence-electron chi connectivity index (χ4n) is 1.40. The van der Waals surface area contributed by atoms with Gasteiger partial charge in [0.2, 0.25) is 0 Å². The Bertz CT molecular complexity index is 480. The molecule has 1 aromatic rings. The number of anilines is 1. The molecule has 1 rings (SSSR count). The lowest BCUT2D eigenvalue weighted by molar-refractivity contribution is -0.154. The molecule has 0 saturated heterocycles. The maximum absolute atomic E-state index is 11.8. The summed E-state index contributed by atoms with van der Waals surface area (Å²) in [6.07, 6.45) is 0.805. The van der Waals surface area contributed by atoms with Crippen molar-refractivity contribution in [2.24, 2.45) is 5.41 Å². The molecule has 1 aromatic heterocycles. The molecule has 20 heavy (non-hydrogen) atoms. The van der Waals surface area contributed by atoms with Crippen LogP contribution in [0, 0.1) is 5.41 Å². The third-order valence-corrected chi connectivity index (χ3v) is 2.55. The van der Waals surface area contributed by atoms with Gasteiger partial charge in [0.25, 0.3) is 5.91 Å². The third-order valence-electron chi connectivity index (χ3n) is 2.33. The summed E-state index contributed by atoms with van der Waals surface area (Å²) in [5.41, 5.74) is -0.176. The van der Waals surface area contributed by atoms with Gasteiger partial charge in [-0.2, -0.15) is 0 Å². The van der Waals surface area contributed by atoms with E-state index in [9.17, 15) is 9.59 Å². The molecule has 0 aliphatic rings. The zero-order valence-electron chi connectivity index (χ0n) is 12.1. The second kappa shape index (κ2) is 6.70. The summed E-state index contributed by atoms with van der Waals surface area (Å²) in [7, 11) is 0. The molecule has 1 N–H and O–H groups in total. The highest BCUT2D eigenvalue weighted by atomic mass is 35.5. The Morgan fingerprint density at radius 1 is 1.40 bits per heavy atom. The van der Waals surface area contributed by atoms with Crippen LogP contribution < -0.4 is 5.32 Å². The number of halogens is 1.